The first-order valence-corrected chi connectivity index (χ1v) is 23.5. The van der Waals surface area contributed by atoms with Crippen LogP contribution in [-0.2, 0) is 32.7 Å². The van der Waals surface area contributed by atoms with E-state index in [1.54, 1.807) is 0 Å². The Morgan fingerprint density at radius 3 is 1.50 bits per heavy atom. The quantitative estimate of drug-likeness (QED) is 0.0198. The third-order valence-electron chi connectivity index (χ3n) is 9.46. The van der Waals surface area contributed by atoms with Crippen LogP contribution in [0.4, 0.5) is 0 Å². The summed E-state index contributed by atoms with van der Waals surface area (Å²) in [6, 6.07) is 0. The van der Waals surface area contributed by atoms with Crippen molar-refractivity contribution in [3.8, 4) is 0 Å². The first-order valence-electron chi connectivity index (χ1n) is 22.0. The first-order chi connectivity index (χ1) is 26.0. The van der Waals surface area contributed by atoms with Crippen LogP contribution >= 0.6 is 7.82 Å². The summed E-state index contributed by atoms with van der Waals surface area (Å²) in [5, 5.41) is 0. The van der Waals surface area contributed by atoms with Crippen LogP contribution in [0, 0.1) is 0 Å². The van der Waals surface area contributed by atoms with Gasteiger partial charge in [-0.1, -0.05) is 160 Å². The molecule has 0 aliphatic carbocycles. The summed E-state index contributed by atoms with van der Waals surface area (Å²) in [6.07, 6.45) is 39.3. The Morgan fingerprint density at radius 2 is 1.00 bits per heavy atom. The molecular formula is C44H84NO8P. The minimum Gasteiger partial charge on any atom is -0.756 e. The van der Waals surface area contributed by atoms with E-state index in [1.807, 2.05) is 27.2 Å². The van der Waals surface area contributed by atoms with Crippen LogP contribution in [0.25, 0.3) is 0 Å². The fraction of sp³-hybridized carbons (Fsp3) is 0.864. The van der Waals surface area contributed by atoms with Crippen molar-refractivity contribution in [2.24, 2.45) is 0 Å². The maximum atomic E-state index is 12.6. The van der Waals surface area contributed by atoms with Crippen LogP contribution in [-0.4, -0.2) is 70.0 Å². The smallest absolute Gasteiger partial charge is 0.306 e. The van der Waals surface area contributed by atoms with E-state index in [-0.39, 0.29) is 26.1 Å². The number of hydrogen-bond donors (Lipinski definition) is 0. The van der Waals surface area contributed by atoms with Crippen LogP contribution in [0.1, 0.15) is 194 Å². The molecule has 0 saturated heterocycles. The highest BCUT2D eigenvalue weighted by Crippen LogP contribution is 2.38. The number of carbonyl (C=O) groups is 2. The van der Waals surface area contributed by atoms with Crippen molar-refractivity contribution in [3.05, 3.63) is 24.3 Å². The Balaban J connectivity index is 4.38. The van der Waals surface area contributed by atoms with Crippen LogP contribution in [0.5, 0.6) is 0 Å². The maximum Gasteiger partial charge on any atom is 0.306 e. The molecule has 54 heavy (non-hydrogen) atoms. The van der Waals surface area contributed by atoms with Crippen molar-refractivity contribution in [2.45, 2.75) is 200 Å². The summed E-state index contributed by atoms with van der Waals surface area (Å²) >= 11 is 0. The fourth-order valence-corrected chi connectivity index (χ4v) is 6.68. The molecule has 0 aromatic carbocycles. The summed E-state index contributed by atoms with van der Waals surface area (Å²) in [5.74, 6) is -0.889. The second kappa shape index (κ2) is 37.1. The molecule has 0 aromatic rings. The predicted molar refractivity (Wildman–Crippen MR) is 222 cm³/mol. The predicted octanol–water partition coefficient (Wildman–Crippen LogP) is 11.7. The van der Waals surface area contributed by atoms with E-state index in [9.17, 15) is 19.0 Å². The Morgan fingerprint density at radius 1 is 0.556 bits per heavy atom. The lowest BCUT2D eigenvalue weighted by molar-refractivity contribution is -0.870. The zero-order valence-electron chi connectivity index (χ0n) is 35.7. The average Bonchev–Trinajstić information content (AvgIpc) is 3.12. The molecule has 10 heteroatoms. The molecule has 318 valence electrons. The number of quaternary nitrogens is 1. The topological polar surface area (TPSA) is 111 Å². The SMILES string of the molecule is CCCC/C=C/CCCCCCCCCCCC(=O)OC[C@H](COP(=O)([O-])OCC[N+](C)(C)C)OC(=O)CC/C=C/CCCCCCCCCCCCC. The van der Waals surface area contributed by atoms with Crippen LogP contribution in [0.3, 0.4) is 0 Å². The van der Waals surface area contributed by atoms with Gasteiger partial charge in [-0.05, 0) is 44.9 Å². The van der Waals surface area contributed by atoms with E-state index in [0.717, 1.165) is 32.1 Å². The zero-order valence-corrected chi connectivity index (χ0v) is 36.6. The van der Waals surface area contributed by atoms with E-state index < -0.39 is 32.5 Å². The number of rotatable bonds is 40. The molecule has 2 atom stereocenters. The molecule has 0 heterocycles. The first kappa shape index (κ1) is 52.5. The Kier molecular flexibility index (Phi) is 36.1. The van der Waals surface area contributed by atoms with E-state index in [2.05, 4.69) is 32.1 Å². The lowest BCUT2D eigenvalue weighted by Gasteiger charge is -2.28. The molecule has 0 aliphatic rings. The van der Waals surface area contributed by atoms with Gasteiger partial charge in [0.15, 0.2) is 6.10 Å². The van der Waals surface area contributed by atoms with Crippen molar-refractivity contribution in [2.75, 3.05) is 47.5 Å². The standard InChI is InChI=1S/C44H84NO8P/c1-6-8-10-12-14-16-18-20-22-24-26-28-30-32-34-36-43(46)50-40-42(41-52-54(48,49)51-39-38-45(3,4)5)53-44(47)37-35-33-31-29-27-25-23-21-19-17-15-13-11-9-7-2/h12,14,31,33,42H,6-11,13,15-30,32,34-41H2,1-5H3/b14-12+,33-31+/t42-/m1/s1. The van der Waals surface area contributed by atoms with E-state index in [1.165, 1.54) is 128 Å². The van der Waals surface area contributed by atoms with Crippen molar-refractivity contribution < 1.29 is 42.1 Å². The number of phosphoric ester groups is 1. The van der Waals surface area contributed by atoms with Gasteiger partial charge < -0.3 is 27.9 Å². The van der Waals surface area contributed by atoms with Gasteiger partial charge in [0.2, 0.25) is 0 Å². The Bertz CT molecular complexity index is 980. The molecule has 0 rings (SSSR count). The van der Waals surface area contributed by atoms with Gasteiger partial charge in [-0.2, -0.15) is 0 Å². The van der Waals surface area contributed by atoms with E-state index in [0.29, 0.717) is 17.4 Å². The summed E-state index contributed by atoms with van der Waals surface area (Å²) in [5.41, 5.74) is 0. The highest BCUT2D eigenvalue weighted by Gasteiger charge is 2.21. The van der Waals surface area contributed by atoms with Gasteiger partial charge in [0.25, 0.3) is 7.82 Å². The molecule has 9 nitrogen and oxygen atoms in total. The largest absolute Gasteiger partial charge is 0.756 e. The number of nitrogens with zero attached hydrogens (tertiary/aromatic N) is 1. The summed E-state index contributed by atoms with van der Waals surface area (Å²) in [6.45, 7) is 4.16. The van der Waals surface area contributed by atoms with Crippen molar-refractivity contribution >= 4 is 19.8 Å². The number of likely N-dealkylation sites (N-methyl/N-ethyl adjacent to an activating group) is 1. The van der Waals surface area contributed by atoms with Crippen molar-refractivity contribution in [3.63, 3.8) is 0 Å². The van der Waals surface area contributed by atoms with Gasteiger partial charge in [-0.25, -0.2) is 0 Å². The Labute approximate surface area is 332 Å². The third-order valence-corrected chi connectivity index (χ3v) is 10.4. The molecule has 0 N–H and O–H groups in total. The van der Waals surface area contributed by atoms with Crippen molar-refractivity contribution in [1.82, 2.24) is 0 Å². The van der Waals surface area contributed by atoms with Gasteiger partial charge in [-0.15, -0.1) is 0 Å². The highest BCUT2D eigenvalue weighted by molar-refractivity contribution is 7.45. The molecule has 0 radical (unpaired) electrons. The molecule has 0 bridgehead atoms. The molecule has 0 spiro atoms. The summed E-state index contributed by atoms with van der Waals surface area (Å²) < 4.78 is 33.8. The fourth-order valence-electron chi connectivity index (χ4n) is 5.95. The van der Waals surface area contributed by atoms with Gasteiger partial charge in [-0.3, -0.25) is 14.2 Å². The number of carbonyl (C=O) groups excluding carboxylic acids is 2. The molecule has 0 aliphatic heterocycles. The summed E-state index contributed by atoms with van der Waals surface area (Å²) in [4.78, 5) is 37.5. The molecular weight excluding hydrogens is 701 g/mol. The zero-order chi connectivity index (χ0) is 40.0. The lowest BCUT2D eigenvalue weighted by atomic mass is 10.1. The monoisotopic (exact) mass is 786 g/mol. The highest BCUT2D eigenvalue weighted by atomic mass is 31.2. The minimum absolute atomic E-state index is 0.0354. The molecule has 0 amide bonds. The van der Waals surface area contributed by atoms with Gasteiger partial charge in [0, 0.05) is 12.8 Å². The normalized spacial score (nSPS) is 13.8. The molecule has 0 saturated carbocycles. The number of hydrogen-bond acceptors (Lipinski definition) is 8. The molecule has 0 fully saturated rings. The lowest BCUT2D eigenvalue weighted by Crippen LogP contribution is -2.37. The Hall–Kier alpha value is -1.51. The van der Waals surface area contributed by atoms with Gasteiger partial charge in [0.05, 0.1) is 27.7 Å². The van der Waals surface area contributed by atoms with Gasteiger partial charge in [0.1, 0.15) is 19.8 Å². The molecule has 1 unspecified atom stereocenters. The minimum atomic E-state index is -4.63. The number of unbranched alkanes of at least 4 members (excludes halogenated alkanes) is 22. The van der Waals surface area contributed by atoms with Crippen LogP contribution in [0.2, 0.25) is 0 Å². The van der Waals surface area contributed by atoms with Crippen molar-refractivity contribution in [1.29, 1.82) is 0 Å². The summed E-state index contributed by atoms with van der Waals surface area (Å²) in [7, 11) is 1.15. The van der Waals surface area contributed by atoms with Gasteiger partial charge >= 0.3 is 11.9 Å². The van der Waals surface area contributed by atoms with E-state index in [4.69, 9.17) is 18.5 Å². The second-order valence-electron chi connectivity index (χ2n) is 16.1. The molecule has 0 aromatic heterocycles. The number of ether oxygens (including phenoxy) is 2. The number of phosphoric acid groups is 1. The second-order valence-corrected chi connectivity index (χ2v) is 17.5. The number of allylic oxidation sites excluding steroid dienone is 4. The van der Waals surface area contributed by atoms with Crippen LogP contribution in [0.15, 0.2) is 24.3 Å². The number of esters is 2. The maximum absolute atomic E-state index is 12.6. The van der Waals surface area contributed by atoms with Crippen LogP contribution < -0.4 is 4.89 Å². The van der Waals surface area contributed by atoms with E-state index >= 15 is 0 Å². The third kappa shape index (κ3) is 40.2. The average molecular weight is 786 g/mol.